The Morgan fingerprint density at radius 1 is 1.36 bits per heavy atom. The summed E-state index contributed by atoms with van der Waals surface area (Å²) in [5.41, 5.74) is 1.95. The molecule has 0 aliphatic carbocycles. The number of nitrogens with one attached hydrogen (secondary N) is 1. The molecule has 0 unspecified atom stereocenters. The summed E-state index contributed by atoms with van der Waals surface area (Å²) in [4.78, 5) is 11.6. The largest absolute Gasteiger partial charge is 0.371 e. The molecule has 2 aromatic heterocycles. The normalized spacial score (nSPS) is 23.8. The molecular weight excluding hydrogens is 278 g/mol. The number of ether oxygens (including phenoxy) is 1. The average Bonchev–Trinajstić information content (AvgIpc) is 2.93. The van der Waals surface area contributed by atoms with Crippen LogP contribution in [0.3, 0.4) is 0 Å². The maximum Gasteiger partial charge on any atom is 0.160 e. The van der Waals surface area contributed by atoms with Gasteiger partial charge in [-0.05, 0) is 45.1 Å². The molecule has 22 heavy (non-hydrogen) atoms. The molecule has 118 valence electrons. The molecule has 1 atom stereocenters. The summed E-state index contributed by atoms with van der Waals surface area (Å²) >= 11 is 0. The Kier molecular flexibility index (Phi) is 3.82. The molecule has 6 nitrogen and oxygen atoms in total. The van der Waals surface area contributed by atoms with Gasteiger partial charge < -0.3 is 19.5 Å². The van der Waals surface area contributed by atoms with E-state index < -0.39 is 0 Å². The van der Waals surface area contributed by atoms with E-state index in [0.29, 0.717) is 12.6 Å². The zero-order chi connectivity index (χ0) is 14.9. The van der Waals surface area contributed by atoms with Gasteiger partial charge in [-0.3, -0.25) is 0 Å². The lowest BCUT2D eigenvalue weighted by Crippen LogP contribution is -2.44. The van der Waals surface area contributed by atoms with Crippen molar-refractivity contribution in [1.82, 2.24) is 24.8 Å². The fourth-order valence-electron chi connectivity index (χ4n) is 3.49. The number of pyridine rings is 1. The van der Waals surface area contributed by atoms with Crippen molar-refractivity contribution in [2.75, 3.05) is 33.3 Å². The summed E-state index contributed by atoms with van der Waals surface area (Å²) in [6.45, 7) is 4.60. The fourth-order valence-corrected chi connectivity index (χ4v) is 3.49. The van der Waals surface area contributed by atoms with Crippen LogP contribution in [-0.2, 0) is 11.3 Å². The maximum atomic E-state index is 5.74. The van der Waals surface area contributed by atoms with Crippen molar-refractivity contribution in [3.63, 3.8) is 0 Å². The van der Waals surface area contributed by atoms with E-state index in [1.165, 1.54) is 25.9 Å². The standard InChI is InChI=1S/C16H23N5O/c1-20-7-4-12(5-8-20)18-9-13-10-22-11-15-19-14-3-2-6-17-16(14)21(13)15/h2-3,6,12-13,18H,4-5,7-11H2,1H3/t13-/m0/s1. The third-order valence-corrected chi connectivity index (χ3v) is 4.79. The lowest BCUT2D eigenvalue weighted by molar-refractivity contribution is 0.0544. The zero-order valence-electron chi connectivity index (χ0n) is 13.0. The van der Waals surface area contributed by atoms with Crippen molar-refractivity contribution in [2.24, 2.45) is 0 Å². The van der Waals surface area contributed by atoms with E-state index in [4.69, 9.17) is 4.74 Å². The van der Waals surface area contributed by atoms with Gasteiger partial charge in [0.2, 0.25) is 0 Å². The number of imidazole rings is 1. The lowest BCUT2D eigenvalue weighted by Gasteiger charge is -2.32. The minimum absolute atomic E-state index is 0.281. The summed E-state index contributed by atoms with van der Waals surface area (Å²) in [5.74, 6) is 0.995. The molecule has 0 radical (unpaired) electrons. The van der Waals surface area contributed by atoms with Crippen LogP contribution < -0.4 is 5.32 Å². The number of rotatable bonds is 3. The van der Waals surface area contributed by atoms with Gasteiger partial charge in [-0.1, -0.05) is 0 Å². The van der Waals surface area contributed by atoms with Crippen LogP contribution in [-0.4, -0.2) is 58.8 Å². The van der Waals surface area contributed by atoms with E-state index in [1.54, 1.807) is 0 Å². The number of hydrogen-bond acceptors (Lipinski definition) is 5. The lowest BCUT2D eigenvalue weighted by atomic mass is 10.1. The highest BCUT2D eigenvalue weighted by Crippen LogP contribution is 2.24. The molecule has 2 aliphatic rings. The summed E-state index contributed by atoms with van der Waals surface area (Å²) in [5, 5.41) is 3.72. The van der Waals surface area contributed by atoms with Crippen LogP contribution in [0.4, 0.5) is 0 Å². The molecule has 0 spiro atoms. The van der Waals surface area contributed by atoms with E-state index in [-0.39, 0.29) is 6.04 Å². The number of hydrogen-bond donors (Lipinski definition) is 1. The molecule has 1 N–H and O–H groups in total. The van der Waals surface area contributed by atoms with Crippen LogP contribution in [0.15, 0.2) is 18.3 Å². The molecule has 1 saturated heterocycles. The third kappa shape index (κ3) is 2.62. The number of nitrogens with zero attached hydrogens (tertiary/aromatic N) is 4. The number of piperidine rings is 1. The van der Waals surface area contributed by atoms with Crippen LogP contribution in [0.25, 0.3) is 11.2 Å². The van der Waals surface area contributed by atoms with Crippen molar-refractivity contribution < 1.29 is 4.74 Å². The molecule has 0 bridgehead atoms. The zero-order valence-corrected chi connectivity index (χ0v) is 13.0. The average molecular weight is 301 g/mol. The molecule has 2 aliphatic heterocycles. The molecule has 0 amide bonds. The number of aromatic nitrogens is 3. The Balaban J connectivity index is 1.50. The van der Waals surface area contributed by atoms with E-state index in [2.05, 4.69) is 31.8 Å². The molecular formula is C16H23N5O. The highest BCUT2D eigenvalue weighted by atomic mass is 16.5. The number of likely N-dealkylation sites (tertiary alicyclic amines) is 1. The molecule has 0 aromatic carbocycles. The van der Waals surface area contributed by atoms with Gasteiger partial charge in [0.1, 0.15) is 17.9 Å². The first-order valence-electron chi connectivity index (χ1n) is 8.13. The van der Waals surface area contributed by atoms with Gasteiger partial charge in [0.15, 0.2) is 5.65 Å². The summed E-state index contributed by atoms with van der Waals surface area (Å²) < 4.78 is 8.00. The van der Waals surface area contributed by atoms with Crippen LogP contribution in [0.5, 0.6) is 0 Å². The molecule has 4 heterocycles. The second-order valence-corrected chi connectivity index (χ2v) is 6.40. The Morgan fingerprint density at radius 2 is 2.23 bits per heavy atom. The highest BCUT2D eigenvalue weighted by Gasteiger charge is 2.25. The van der Waals surface area contributed by atoms with Crippen molar-refractivity contribution >= 4 is 11.2 Å². The maximum absolute atomic E-state index is 5.74. The second-order valence-electron chi connectivity index (χ2n) is 6.40. The first-order chi connectivity index (χ1) is 10.8. The van der Waals surface area contributed by atoms with E-state index >= 15 is 0 Å². The number of fused-ring (bicyclic) bond motifs is 3. The Labute approximate surface area is 130 Å². The molecule has 2 aromatic rings. The second kappa shape index (κ2) is 5.95. The summed E-state index contributed by atoms with van der Waals surface area (Å²) in [6.07, 6.45) is 4.29. The van der Waals surface area contributed by atoms with Gasteiger partial charge in [-0.2, -0.15) is 0 Å². The minimum atomic E-state index is 0.281. The minimum Gasteiger partial charge on any atom is -0.371 e. The van der Waals surface area contributed by atoms with Gasteiger partial charge in [0.05, 0.1) is 12.6 Å². The van der Waals surface area contributed by atoms with Crippen LogP contribution in [0, 0.1) is 0 Å². The van der Waals surface area contributed by atoms with E-state index in [9.17, 15) is 0 Å². The summed E-state index contributed by atoms with van der Waals surface area (Å²) in [7, 11) is 2.20. The molecule has 0 saturated carbocycles. The first-order valence-corrected chi connectivity index (χ1v) is 8.13. The van der Waals surface area contributed by atoms with Crippen molar-refractivity contribution in [1.29, 1.82) is 0 Å². The predicted molar refractivity (Wildman–Crippen MR) is 84.7 cm³/mol. The molecule has 4 rings (SSSR count). The van der Waals surface area contributed by atoms with Crippen molar-refractivity contribution in [3.8, 4) is 0 Å². The fraction of sp³-hybridized carbons (Fsp3) is 0.625. The van der Waals surface area contributed by atoms with E-state index in [1.807, 2.05) is 18.3 Å². The highest BCUT2D eigenvalue weighted by molar-refractivity contribution is 5.71. The van der Waals surface area contributed by atoms with Crippen molar-refractivity contribution in [2.45, 2.75) is 31.5 Å². The van der Waals surface area contributed by atoms with Gasteiger partial charge in [-0.25, -0.2) is 9.97 Å². The SMILES string of the molecule is CN1CCC(NC[C@H]2COCc3nc4cccnc4n32)CC1. The van der Waals surface area contributed by atoms with Gasteiger partial charge in [0, 0.05) is 18.8 Å². The molecule has 6 heteroatoms. The van der Waals surface area contributed by atoms with Gasteiger partial charge >= 0.3 is 0 Å². The van der Waals surface area contributed by atoms with E-state index in [0.717, 1.165) is 30.1 Å². The third-order valence-electron chi connectivity index (χ3n) is 4.79. The quantitative estimate of drug-likeness (QED) is 0.923. The van der Waals surface area contributed by atoms with Crippen molar-refractivity contribution in [3.05, 3.63) is 24.2 Å². The Bertz CT molecular complexity index is 647. The van der Waals surface area contributed by atoms with Crippen LogP contribution in [0.2, 0.25) is 0 Å². The van der Waals surface area contributed by atoms with Crippen LogP contribution >= 0.6 is 0 Å². The smallest absolute Gasteiger partial charge is 0.160 e. The van der Waals surface area contributed by atoms with Crippen LogP contribution in [0.1, 0.15) is 24.7 Å². The topological polar surface area (TPSA) is 55.2 Å². The monoisotopic (exact) mass is 301 g/mol. The first kappa shape index (κ1) is 14.1. The molecule has 1 fully saturated rings. The Hall–Kier alpha value is -1.50. The van der Waals surface area contributed by atoms with Gasteiger partial charge in [0.25, 0.3) is 0 Å². The summed E-state index contributed by atoms with van der Waals surface area (Å²) in [6, 6.07) is 4.86. The van der Waals surface area contributed by atoms with Gasteiger partial charge in [-0.15, -0.1) is 0 Å². The Morgan fingerprint density at radius 3 is 3.09 bits per heavy atom. The predicted octanol–water partition coefficient (Wildman–Crippen LogP) is 1.19.